The van der Waals surface area contributed by atoms with Crippen LogP contribution < -0.4 is 4.74 Å². The Morgan fingerprint density at radius 3 is 2.26 bits per heavy atom. The van der Waals surface area contributed by atoms with Crippen molar-refractivity contribution in [2.75, 3.05) is 6.61 Å². The lowest BCUT2D eigenvalue weighted by molar-refractivity contribution is -0.222. The van der Waals surface area contributed by atoms with Crippen molar-refractivity contribution in [1.29, 1.82) is 0 Å². The van der Waals surface area contributed by atoms with Gasteiger partial charge in [0.1, 0.15) is 17.9 Å². The molecule has 0 radical (unpaired) electrons. The van der Waals surface area contributed by atoms with E-state index in [4.69, 9.17) is 14.2 Å². The van der Waals surface area contributed by atoms with E-state index in [0.717, 1.165) is 5.56 Å². The average Bonchev–Trinajstić information content (AvgIpc) is 2.63. The highest BCUT2D eigenvalue weighted by Crippen LogP contribution is 2.27. The number of ether oxygens (including phenoxy) is 3. The van der Waals surface area contributed by atoms with Crippen LogP contribution in [0.1, 0.15) is 25.0 Å². The van der Waals surface area contributed by atoms with E-state index < -0.39 is 17.7 Å². The molecule has 3 rings (SSSR count). The van der Waals surface area contributed by atoms with Crippen molar-refractivity contribution in [2.45, 2.75) is 19.6 Å². The molecule has 1 aliphatic rings. The molecule has 5 heteroatoms. The smallest absolute Gasteiger partial charge is 0.348 e. The molecule has 1 aliphatic heterocycles. The first kappa shape index (κ1) is 18.5. The zero-order valence-corrected chi connectivity index (χ0v) is 15.2. The van der Waals surface area contributed by atoms with E-state index in [1.54, 1.807) is 18.2 Å². The third-order valence-electron chi connectivity index (χ3n) is 3.78. The van der Waals surface area contributed by atoms with Gasteiger partial charge in [-0.05, 0) is 23.8 Å². The summed E-state index contributed by atoms with van der Waals surface area (Å²) in [6.07, 6.45) is 5.28. The third kappa shape index (κ3) is 4.85. The highest BCUT2D eigenvalue weighted by atomic mass is 16.7. The van der Waals surface area contributed by atoms with E-state index in [-0.39, 0.29) is 5.57 Å². The molecule has 0 N–H and O–H groups in total. The summed E-state index contributed by atoms with van der Waals surface area (Å²) < 4.78 is 16.0. The van der Waals surface area contributed by atoms with Crippen molar-refractivity contribution >= 4 is 24.1 Å². The number of hydrogen-bond acceptors (Lipinski definition) is 5. The van der Waals surface area contributed by atoms with E-state index in [2.05, 4.69) is 0 Å². The lowest BCUT2D eigenvalue weighted by Crippen LogP contribution is -2.41. The first-order valence-corrected chi connectivity index (χ1v) is 8.56. The highest BCUT2D eigenvalue weighted by molar-refractivity contribution is 6.19. The molecule has 0 atom stereocenters. The molecule has 5 nitrogen and oxygen atoms in total. The zero-order valence-electron chi connectivity index (χ0n) is 15.2. The lowest BCUT2D eigenvalue weighted by atomic mass is 10.1. The van der Waals surface area contributed by atoms with Gasteiger partial charge in [0.15, 0.2) is 0 Å². The summed E-state index contributed by atoms with van der Waals surface area (Å²) in [6, 6.07) is 17.0. The van der Waals surface area contributed by atoms with Gasteiger partial charge in [-0.15, -0.1) is 0 Å². The number of carbonyl (C=O) groups excluding carboxylic acids is 2. The predicted molar refractivity (Wildman–Crippen MR) is 102 cm³/mol. The van der Waals surface area contributed by atoms with Gasteiger partial charge in [0.2, 0.25) is 0 Å². The molecule has 27 heavy (non-hydrogen) atoms. The Balaban J connectivity index is 1.73. The van der Waals surface area contributed by atoms with Crippen LogP contribution >= 0.6 is 0 Å². The number of carbonyl (C=O) groups is 2. The fraction of sp³-hybridized carbons (Fsp3) is 0.182. The second-order valence-corrected chi connectivity index (χ2v) is 6.40. The normalized spacial score (nSPS) is 16.0. The second kappa shape index (κ2) is 7.91. The Hall–Kier alpha value is -3.34. The molecule has 0 unspecified atom stereocenters. The van der Waals surface area contributed by atoms with Gasteiger partial charge < -0.3 is 14.2 Å². The number of benzene rings is 2. The molecular formula is C22H20O5. The van der Waals surface area contributed by atoms with Gasteiger partial charge >= 0.3 is 11.9 Å². The Morgan fingerprint density at radius 2 is 1.56 bits per heavy atom. The summed E-state index contributed by atoms with van der Waals surface area (Å²) in [6.45, 7) is 3.36. The van der Waals surface area contributed by atoms with Crippen LogP contribution in [0.2, 0.25) is 0 Å². The van der Waals surface area contributed by atoms with Crippen LogP contribution in [0.4, 0.5) is 0 Å². The molecule has 0 saturated carbocycles. The topological polar surface area (TPSA) is 61.8 Å². The molecule has 0 amide bonds. The Bertz CT molecular complexity index is 872. The molecule has 1 fully saturated rings. The number of cyclic esters (lactones) is 2. The summed E-state index contributed by atoms with van der Waals surface area (Å²) >= 11 is 0. The van der Waals surface area contributed by atoms with Gasteiger partial charge in [0.05, 0.1) is 0 Å². The van der Waals surface area contributed by atoms with E-state index in [1.165, 1.54) is 19.9 Å². The van der Waals surface area contributed by atoms with E-state index in [1.807, 2.05) is 48.6 Å². The SMILES string of the molecule is CC1(C)OC(=O)C(=Cc2ccccc2OCC=Cc2ccccc2)C(=O)O1. The highest BCUT2D eigenvalue weighted by Gasteiger charge is 2.38. The fourth-order valence-corrected chi connectivity index (χ4v) is 2.55. The molecule has 0 aliphatic carbocycles. The van der Waals surface area contributed by atoms with E-state index >= 15 is 0 Å². The quantitative estimate of drug-likeness (QED) is 0.456. The number of para-hydroxylation sites is 1. The molecule has 138 valence electrons. The second-order valence-electron chi connectivity index (χ2n) is 6.40. The standard InChI is InChI=1S/C22H20O5/c1-22(2)26-20(23)18(21(24)27-22)15-17-12-6-7-13-19(17)25-14-8-11-16-9-4-3-5-10-16/h3-13,15H,14H2,1-2H3. The zero-order chi connectivity index (χ0) is 19.3. The minimum Gasteiger partial charge on any atom is -0.489 e. The van der Waals surface area contributed by atoms with Gasteiger partial charge in [-0.2, -0.15) is 0 Å². The maximum Gasteiger partial charge on any atom is 0.348 e. The molecule has 2 aromatic rings. The first-order chi connectivity index (χ1) is 12.9. The van der Waals surface area contributed by atoms with E-state index in [0.29, 0.717) is 17.9 Å². The van der Waals surface area contributed by atoms with Gasteiger partial charge in [-0.3, -0.25) is 0 Å². The minimum absolute atomic E-state index is 0.162. The molecule has 1 heterocycles. The first-order valence-electron chi connectivity index (χ1n) is 8.56. The van der Waals surface area contributed by atoms with Gasteiger partial charge in [0.25, 0.3) is 5.79 Å². The fourth-order valence-electron chi connectivity index (χ4n) is 2.55. The summed E-state index contributed by atoms with van der Waals surface area (Å²) in [7, 11) is 0. The van der Waals surface area contributed by atoms with Crippen LogP contribution in [0.15, 0.2) is 66.2 Å². The Morgan fingerprint density at radius 1 is 0.926 bits per heavy atom. The molecular weight excluding hydrogens is 344 g/mol. The van der Waals surface area contributed by atoms with Gasteiger partial charge in [-0.1, -0.05) is 54.6 Å². The van der Waals surface area contributed by atoms with Crippen molar-refractivity contribution in [3.05, 3.63) is 77.4 Å². The Labute approximate surface area is 157 Å². The van der Waals surface area contributed by atoms with Crippen molar-refractivity contribution in [1.82, 2.24) is 0 Å². The van der Waals surface area contributed by atoms with Crippen molar-refractivity contribution in [2.24, 2.45) is 0 Å². The molecule has 0 spiro atoms. The summed E-state index contributed by atoms with van der Waals surface area (Å²) in [5.41, 5.74) is 1.51. The largest absolute Gasteiger partial charge is 0.489 e. The lowest BCUT2D eigenvalue weighted by Gasteiger charge is -2.29. The van der Waals surface area contributed by atoms with Crippen LogP contribution in [0.3, 0.4) is 0 Å². The maximum absolute atomic E-state index is 12.1. The monoisotopic (exact) mass is 364 g/mol. The number of hydrogen-bond donors (Lipinski definition) is 0. The predicted octanol–water partition coefficient (Wildman–Crippen LogP) is 4.00. The number of esters is 2. The molecule has 1 saturated heterocycles. The van der Waals surface area contributed by atoms with Crippen molar-refractivity contribution in [3.63, 3.8) is 0 Å². The van der Waals surface area contributed by atoms with E-state index in [9.17, 15) is 9.59 Å². The van der Waals surface area contributed by atoms with Crippen LogP contribution in [0.25, 0.3) is 12.2 Å². The van der Waals surface area contributed by atoms with Crippen molar-refractivity contribution in [3.8, 4) is 5.75 Å². The van der Waals surface area contributed by atoms with Crippen molar-refractivity contribution < 1.29 is 23.8 Å². The Kier molecular flexibility index (Phi) is 5.41. The summed E-state index contributed by atoms with van der Waals surface area (Å²) in [5.74, 6) is -2.14. The molecule has 0 bridgehead atoms. The van der Waals surface area contributed by atoms with Crippen LogP contribution in [0, 0.1) is 0 Å². The average molecular weight is 364 g/mol. The van der Waals surface area contributed by atoms with Gasteiger partial charge in [0, 0.05) is 19.4 Å². The molecule has 0 aromatic heterocycles. The van der Waals surface area contributed by atoms with Gasteiger partial charge in [-0.25, -0.2) is 9.59 Å². The summed E-state index contributed by atoms with van der Waals surface area (Å²) in [4.78, 5) is 24.2. The summed E-state index contributed by atoms with van der Waals surface area (Å²) in [5, 5.41) is 0. The third-order valence-corrected chi connectivity index (χ3v) is 3.78. The number of rotatable bonds is 5. The van der Waals surface area contributed by atoms with Crippen LogP contribution in [-0.2, 0) is 19.1 Å². The van der Waals surface area contributed by atoms with Crippen LogP contribution in [-0.4, -0.2) is 24.3 Å². The maximum atomic E-state index is 12.1. The van der Waals surface area contributed by atoms with Crippen LogP contribution in [0.5, 0.6) is 5.75 Å². The molecule has 2 aromatic carbocycles. The minimum atomic E-state index is -1.26.